The van der Waals surface area contributed by atoms with Gasteiger partial charge in [-0.05, 0) is 18.3 Å². The highest BCUT2D eigenvalue weighted by atomic mass is 35.5. The van der Waals surface area contributed by atoms with Crippen LogP contribution in [0.2, 0.25) is 5.15 Å². The van der Waals surface area contributed by atoms with Crippen LogP contribution in [0.1, 0.15) is 25.7 Å². The topological polar surface area (TPSA) is 45.2 Å². The number of anilines is 1. The Morgan fingerprint density at radius 1 is 1.40 bits per heavy atom. The van der Waals surface area contributed by atoms with Gasteiger partial charge in [0, 0.05) is 19.2 Å². The SMILES string of the molecule is O=C(Nc1cnc(Cl)c(F)c1)N1CCC(C2CCC2)C1. The monoisotopic (exact) mass is 297 g/mol. The molecule has 0 aromatic carbocycles. The minimum absolute atomic E-state index is 0.185. The van der Waals surface area contributed by atoms with Crippen LogP contribution in [0.5, 0.6) is 0 Å². The standard InChI is InChI=1S/C14H17ClFN3O/c15-13-12(16)6-11(7-17-13)18-14(20)19-5-4-10(8-19)9-2-1-3-9/h6-7,9-10H,1-5,8H2,(H,18,20). The predicted octanol–water partition coefficient (Wildman–Crippen LogP) is 3.53. The van der Waals surface area contributed by atoms with Crippen molar-refractivity contribution >= 4 is 23.3 Å². The zero-order valence-corrected chi connectivity index (χ0v) is 11.9. The summed E-state index contributed by atoms with van der Waals surface area (Å²) in [5.41, 5.74) is 0.337. The lowest BCUT2D eigenvalue weighted by Crippen LogP contribution is -2.34. The third-order valence-corrected chi connectivity index (χ3v) is 4.65. The Bertz CT molecular complexity index is 521. The zero-order chi connectivity index (χ0) is 14.1. The van der Waals surface area contributed by atoms with Gasteiger partial charge in [0.05, 0.1) is 11.9 Å². The number of carbonyl (C=O) groups excluding carboxylic acids is 1. The molecule has 20 heavy (non-hydrogen) atoms. The van der Waals surface area contributed by atoms with Crippen LogP contribution in [-0.2, 0) is 0 Å². The van der Waals surface area contributed by atoms with Crippen molar-refractivity contribution in [3.8, 4) is 0 Å². The van der Waals surface area contributed by atoms with Gasteiger partial charge in [-0.3, -0.25) is 0 Å². The molecular weight excluding hydrogens is 281 g/mol. The minimum Gasteiger partial charge on any atom is -0.324 e. The molecule has 1 atom stereocenters. The van der Waals surface area contributed by atoms with Gasteiger partial charge >= 0.3 is 6.03 Å². The summed E-state index contributed by atoms with van der Waals surface area (Å²) in [5.74, 6) is 0.801. The molecule has 1 aliphatic carbocycles. The van der Waals surface area contributed by atoms with Crippen molar-refractivity contribution in [3.05, 3.63) is 23.2 Å². The predicted molar refractivity (Wildman–Crippen MR) is 75.2 cm³/mol. The van der Waals surface area contributed by atoms with E-state index in [-0.39, 0.29) is 11.2 Å². The normalized spacial score (nSPS) is 22.7. The Kier molecular flexibility index (Phi) is 3.78. The molecule has 1 aliphatic heterocycles. The Hall–Kier alpha value is -1.36. The number of carbonyl (C=O) groups is 1. The van der Waals surface area contributed by atoms with Crippen LogP contribution < -0.4 is 5.32 Å². The van der Waals surface area contributed by atoms with E-state index in [4.69, 9.17) is 11.6 Å². The van der Waals surface area contributed by atoms with E-state index < -0.39 is 5.82 Å². The summed E-state index contributed by atoms with van der Waals surface area (Å²) in [6.45, 7) is 1.58. The number of aromatic nitrogens is 1. The van der Waals surface area contributed by atoms with E-state index in [1.54, 1.807) is 4.90 Å². The summed E-state index contributed by atoms with van der Waals surface area (Å²) in [6.07, 6.45) is 6.36. The van der Waals surface area contributed by atoms with E-state index in [2.05, 4.69) is 10.3 Å². The third-order valence-electron chi connectivity index (χ3n) is 4.38. The fourth-order valence-electron chi connectivity index (χ4n) is 2.96. The summed E-state index contributed by atoms with van der Waals surface area (Å²) in [4.78, 5) is 17.6. The third kappa shape index (κ3) is 2.73. The van der Waals surface area contributed by atoms with Crippen molar-refractivity contribution in [2.45, 2.75) is 25.7 Å². The van der Waals surface area contributed by atoms with Gasteiger partial charge in [-0.25, -0.2) is 14.2 Å². The number of hydrogen-bond donors (Lipinski definition) is 1. The summed E-state index contributed by atoms with van der Waals surface area (Å²) in [5, 5.41) is 2.49. The molecule has 4 nitrogen and oxygen atoms in total. The van der Waals surface area contributed by atoms with Crippen LogP contribution in [0.25, 0.3) is 0 Å². The van der Waals surface area contributed by atoms with Crippen molar-refractivity contribution < 1.29 is 9.18 Å². The molecule has 6 heteroatoms. The average molecular weight is 298 g/mol. The van der Waals surface area contributed by atoms with Crippen molar-refractivity contribution in [3.63, 3.8) is 0 Å². The first kappa shape index (κ1) is 13.6. The summed E-state index contributed by atoms with van der Waals surface area (Å²) >= 11 is 5.51. The second-order valence-electron chi connectivity index (χ2n) is 5.61. The number of likely N-dealkylation sites (tertiary alicyclic amines) is 1. The number of amides is 2. The van der Waals surface area contributed by atoms with Gasteiger partial charge in [0.25, 0.3) is 0 Å². The largest absolute Gasteiger partial charge is 0.324 e. The fraction of sp³-hybridized carbons (Fsp3) is 0.571. The molecule has 1 unspecified atom stereocenters. The molecule has 0 radical (unpaired) electrons. The van der Waals surface area contributed by atoms with Crippen LogP contribution in [-0.4, -0.2) is 29.0 Å². The molecule has 2 aliphatic rings. The number of urea groups is 1. The molecule has 2 amide bonds. The molecule has 1 aromatic heterocycles. The molecule has 2 heterocycles. The number of rotatable bonds is 2. The van der Waals surface area contributed by atoms with Crippen LogP contribution in [0.3, 0.4) is 0 Å². The Morgan fingerprint density at radius 3 is 2.85 bits per heavy atom. The van der Waals surface area contributed by atoms with Crippen LogP contribution >= 0.6 is 11.6 Å². The first-order chi connectivity index (χ1) is 9.63. The number of nitrogens with zero attached hydrogens (tertiary/aromatic N) is 2. The Balaban J connectivity index is 1.57. The number of pyridine rings is 1. The average Bonchev–Trinajstić information content (AvgIpc) is 2.81. The second kappa shape index (κ2) is 5.56. The van der Waals surface area contributed by atoms with Crippen molar-refractivity contribution in [2.75, 3.05) is 18.4 Å². The maximum Gasteiger partial charge on any atom is 0.321 e. The van der Waals surface area contributed by atoms with Crippen LogP contribution in [0, 0.1) is 17.7 Å². The second-order valence-corrected chi connectivity index (χ2v) is 5.97. The van der Waals surface area contributed by atoms with Crippen molar-refractivity contribution in [2.24, 2.45) is 11.8 Å². The molecule has 3 rings (SSSR count). The Morgan fingerprint density at radius 2 is 2.20 bits per heavy atom. The van der Waals surface area contributed by atoms with Gasteiger partial charge in [0.1, 0.15) is 0 Å². The van der Waals surface area contributed by atoms with Gasteiger partial charge in [0.15, 0.2) is 11.0 Å². The van der Waals surface area contributed by atoms with Gasteiger partial charge in [-0.2, -0.15) is 0 Å². The summed E-state index contributed by atoms with van der Waals surface area (Å²) in [6, 6.07) is 1.00. The van der Waals surface area contributed by atoms with E-state index in [0.29, 0.717) is 11.6 Å². The van der Waals surface area contributed by atoms with E-state index in [9.17, 15) is 9.18 Å². The van der Waals surface area contributed by atoms with E-state index in [1.807, 2.05) is 0 Å². The molecule has 1 N–H and O–H groups in total. The van der Waals surface area contributed by atoms with Crippen molar-refractivity contribution in [1.82, 2.24) is 9.88 Å². The number of nitrogens with one attached hydrogen (secondary N) is 1. The highest BCUT2D eigenvalue weighted by molar-refractivity contribution is 6.29. The molecule has 1 aromatic rings. The summed E-state index contributed by atoms with van der Waals surface area (Å²) in [7, 11) is 0. The van der Waals surface area contributed by atoms with Crippen LogP contribution in [0.4, 0.5) is 14.9 Å². The van der Waals surface area contributed by atoms with Gasteiger partial charge in [-0.15, -0.1) is 0 Å². The van der Waals surface area contributed by atoms with Crippen LogP contribution in [0.15, 0.2) is 12.3 Å². The lowest BCUT2D eigenvalue weighted by molar-refractivity contribution is 0.196. The molecule has 1 saturated heterocycles. The molecule has 0 spiro atoms. The lowest BCUT2D eigenvalue weighted by Gasteiger charge is -2.31. The first-order valence-corrected chi connectivity index (χ1v) is 7.38. The maximum absolute atomic E-state index is 13.3. The molecular formula is C14H17ClFN3O. The first-order valence-electron chi connectivity index (χ1n) is 7.00. The number of halogens is 2. The highest BCUT2D eigenvalue weighted by Crippen LogP contribution is 2.38. The molecule has 1 saturated carbocycles. The Labute approximate surface area is 122 Å². The van der Waals surface area contributed by atoms with Gasteiger partial charge < -0.3 is 10.2 Å². The molecule has 2 fully saturated rings. The van der Waals surface area contributed by atoms with Crippen molar-refractivity contribution in [1.29, 1.82) is 0 Å². The fourth-order valence-corrected chi connectivity index (χ4v) is 3.06. The van der Waals surface area contributed by atoms with Gasteiger partial charge in [0.2, 0.25) is 0 Å². The van der Waals surface area contributed by atoms with E-state index in [0.717, 1.165) is 25.4 Å². The summed E-state index contributed by atoms with van der Waals surface area (Å²) < 4.78 is 13.3. The molecule has 108 valence electrons. The van der Waals surface area contributed by atoms with E-state index in [1.165, 1.54) is 31.5 Å². The number of hydrogen-bond acceptors (Lipinski definition) is 2. The lowest BCUT2D eigenvalue weighted by atomic mass is 9.75. The molecule has 0 bridgehead atoms. The maximum atomic E-state index is 13.3. The zero-order valence-electron chi connectivity index (χ0n) is 11.1. The smallest absolute Gasteiger partial charge is 0.321 e. The van der Waals surface area contributed by atoms with Gasteiger partial charge in [-0.1, -0.05) is 30.9 Å². The highest BCUT2D eigenvalue weighted by Gasteiger charge is 2.34. The quantitative estimate of drug-likeness (QED) is 0.849. The van der Waals surface area contributed by atoms with E-state index >= 15 is 0 Å². The minimum atomic E-state index is -0.627.